The predicted octanol–water partition coefficient (Wildman–Crippen LogP) is 1.19. The molecule has 0 spiro atoms. The van der Waals surface area contributed by atoms with Crippen molar-refractivity contribution in [3.8, 4) is 5.75 Å². The Morgan fingerprint density at radius 3 is 2.41 bits per heavy atom. The highest BCUT2D eigenvalue weighted by Gasteiger charge is 2.16. The molecule has 17 heavy (non-hydrogen) atoms. The summed E-state index contributed by atoms with van der Waals surface area (Å²) >= 11 is 0. The zero-order valence-corrected chi connectivity index (χ0v) is 9.99. The van der Waals surface area contributed by atoms with Gasteiger partial charge in [-0.1, -0.05) is 0 Å². The van der Waals surface area contributed by atoms with Crippen LogP contribution in [0.15, 0.2) is 29.2 Å². The molecule has 2 aromatic rings. The zero-order chi connectivity index (χ0) is 11.9. The first kappa shape index (κ1) is 13.5. The average molecular weight is 277 g/mol. The minimum absolute atomic E-state index is 0. The molecular formula is C9H9ClN2O4S. The number of hydrogen-bond donors (Lipinski definition) is 3. The van der Waals surface area contributed by atoms with Crippen LogP contribution in [0, 0.1) is 0 Å². The molecule has 0 atom stereocenters. The van der Waals surface area contributed by atoms with Gasteiger partial charge in [0.1, 0.15) is 22.0 Å². The second-order valence-electron chi connectivity index (χ2n) is 3.19. The Morgan fingerprint density at radius 1 is 1.18 bits per heavy atom. The number of nitrogen functional groups attached to an aromatic ring is 1. The van der Waals surface area contributed by atoms with Crippen LogP contribution in [-0.2, 0) is 10.1 Å². The maximum Gasteiger partial charge on any atom is 0.295 e. The van der Waals surface area contributed by atoms with Gasteiger partial charge in [0.15, 0.2) is 0 Å². The highest BCUT2D eigenvalue weighted by atomic mass is 35.5. The summed E-state index contributed by atoms with van der Waals surface area (Å²) < 4.78 is 31.1. The van der Waals surface area contributed by atoms with Gasteiger partial charge >= 0.3 is 0 Å². The molecule has 0 amide bonds. The van der Waals surface area contributed by atoms with Crippen molar-refractivity contribution in [2.45, 2.75) is 4.90 Å². The number of phenolic OH excluding ortho intramolecular Hbond substituents is 1. The van der Waals surface area contributed by atoms with Crippen molar-refractivity contribution in [2.75, 3.05) is 5.73 Å². The first-order valence-electron chi connectivity index (χ1n) is 4.25. The van der Waals surface area contributed by atoms with Crippen LogP contribution in [0.1, 0.15) is 0 Å². The van der Waals surface area contributed by atoms with Gasteiger partial charge in [0.2, 0.25) is 0 Å². The summed E-state index contributed by atoms with van der Waals surface area (Å²) in [6.45, 7) is 0. The van der Waals surface area contributed by atoms with Crippen molar-refractivity contribution < 1.29 is 18.1 Å². The summed E-state index contributed by atoms with van der Waals surface area (Å²) in [5.41, 5.74) is 5.45. The van der Waals surface area contributed by atoms with Crippen LogP contribution in [0.25, 0.3) is 10.9 Å². The summed E-state index contributed by atoms with van der Waals surface area (Å²) in [5.74, 6) is -0.0509. The Balaban J connectivity index is 0.00000144. The number of fused-ring (bicyclic) bond motifs is 1. The predicted molar refractivity (Wildman–Crippen MR) is 64.9 cm³/mol. The van der Waals surface area contributed by atoms with Gasteiger partial charge in [0.05, 0.1) is 0 Å². The molecule has 0 fully saturated rings. The number of pyridine rings is 1. The number of benzene rings is 1. The molecule has 6 nitrogen and oxygen atoms in total. The minimum Gasteiger partial charge on any atom is -0.506 e. The fourth-order valence-electron chi connectivity index (χ4n) is 1.42. The molecule has 0 saturated heterocycles. The number of nitrogens with two attached hydrogens (primary N) is 1. The van der Waals surface area contributed by atoms with Crippen LogP contribution in [0.3, 0.4) is 0 Å². The largest absolute Gasteiger partial charge is 0.506 e. The lowest BCUT2D eigenvalue weighted by Crippen LogP contribution is -2.00. The fourth-order valence-corrected chi connectivity index (χ4v) is 2.10. The van der Waals surface area contributed by atoms with E-state index in [1.165, 1.54) is 12.1 Å². The molecule has 8 heteroatoms. The van der Waals surface area contributed by atoms with E-state index < -0.39 is 10.1 Å². The highest BCUT2D eigenvalue weighted by molar-refractivity contribution is 7.86. The van der Waals surface area contributed by atoms with Crippen molar-refractivity contribution >= 4 is 39.2 Å². The van der Waals surface area contributed by atoms with Gasteiger partial charge in [-0.25, -0.2) is 4.98 Å². The SMILES string of the molecule is Cl.Nc1ccc2c(S(=O)(=O)O)ccc(O)c2n1. The van der Waals surface area contributed by atoms with Gasteiger partial charge in [-0.2, -0.15) is 8.42 Å². The Hall–Kier alpha value is -1.57. The van der Waals surface area contributed by atoms with Crippen LogP contribution in [-0.4, -0.2) is 23.1 Å². The van der Waals surface area contributed by atoms with Gasteiger partial charge in [-0.15, -0.1) is 12.4 Å². The molecule has 4 N–H and O–H groups in total. The molecule has 1 aromatic carbocycles. The van der Waals surface area contributed by atoms with E-state index in [4.69, 9.17) is 10.3 Å². The van der Waals surface area contributed by atoms with Crippen LogP contribution in [0.5, 0.6) is 5.75 Å². The van der Waals surface area contributed by atoms with E-state index >= 15 is 0 Å². The smallest absolute Gasteiger partial charge is 0.295 e. The molecule has 0 aliphatic rings. The molecule has 0 aliphatic carbocycles. The Kier molecular flexibility index (Phi) is 3.46. The van der Waals surface area contributed by atoms with Crippen LogP contribution in [0.2, 0.25) is 0 Å². The lowest BCUT2D eigenvalue weighted by atomic mass is 10.2. The third-order valence-corrected chi connectivity index (χ3v) is 3.01. The Labute approximate surface area is 103 Å². The Bertz CT molecular complexity index is 672. The van der Waals surface area contributed by atoms with Gasteiger partial charge in [0.25, 0.3) is 10.1 Å². The minimum atomic E-state index is -4.35. The summed E-state index contributed by atoms with van der Waals surface area (Å²) in [4.78, 5) is 3.49. The summed E-state index contributed by atoms with van der Waals surface area (Å²) in [6, 6.07) is 5.00. The topological polar surface area (TPSA) is 114 Å². The highest BCUT2D eigenvalue weighted by Crippen LogP contribution is 2.29. The van der Waals surface area contributed by atoms with E-state index in [0.29, 0.717) is 0 Å². The molecule has 2 rings (SSSR count). The molecule has 92 valence electrons. The van der Waals surface area contributed by atoms with Gasteiger partial charge in [0, 0.05) is 5.39 Å². The first-order valence-corrected chi connectivity index (χ1v) is 5.69. The molecule has 1 heterocycles. The van der Waals surface area contributed by atoms with E-state index in [1.54, 1.807) is 0 Å². The second-order valence-corrected chi connectivity index (χ2v) is 4.58. The normalized spacial score (nSPS) is 11.1. The van der Waals surface area contributed by atoms with E-state index in [0.717, 1.165) is 12.1 Å². The number of halogens is 1. The average Bonchev–Trinajstić information content (AvgIpc) is 2.17. The fraction of sp³-hybridized carbons (Fsp3) is 0. The summed E-state index contributed by atoms with van der Waals surface area (Å²) in [7, 11) is -4.35. The molecule has 0 radical (unpaired) electrons. The Morgan fingerprint density at radius 2 is 1.82 bits per heavy atom. The van der Waals surface area contributed by atoms with Crippen molar-refractivity contribution in [1.29, 1.82) is 0 Å². The van der Waals surface area contributed by atoms with Crippen molar-refractivity contribution in [3.05, 3.63) is 24.3 Å². The number of anilines is 1. The number of phenols is 1. The van der Waals surface area contributed by atoms with Gasteiger partial charge < -0.3 is 10.8 Å². The zero-order valence-electron chi connectivity index (χ0n) is 8.36. The second kappa shape index (κ2) is 4.36. The van der Waals surface area contributed by atoms with Crippen LogP contribution < -0.4 is 5.73 Å². The van der Waals surface area contributed by atoms with E-state index in [9.17, 15) is 13.5 Å². The molecule has 1 aromatic heterocycles. The number of aromatic hydroxyl groups is 1. The number of aromatic nitrogens is 1. The number of rotatable bonds is 1. The van der Waals surface area contributed by atoms with Crippen molar-refractivity contribution in [1.82, 2.24) is 4.98 Å². The van der Waals surface area contributed by atoms with Crippen LogP contribution >= 0.6 is 12.4 Å². The van der Waals surface area contributed by atoms with Gasteiger partial charge in [-0.3, -0.25) is 4.55 Å². The monoisotopic (exact) mass is 276 g/mol. The van der Waals surface area contributed by atoms with Crippen molar-refractivity contribution in [3.63, 3.8) is 0 Å². The maximum absolute atomic E-state index is 11.1. The quantitative estimate of drug-likeness (QED) is 0.674. The molecule has 0 bridgehead atoms. The van der Waals surface area contributed by atoms with E-state index in [1.807, 2.05) is 0 Å². The third-order valence-electron chi connectivity index (χ3n) is 2.10. The van der Waals surface area contributed by atoms with E-state index in [2.05, 4.69) is 4.98 Å². The molecular weight excluding hydrogens is 268 g/mol. The number of nitrogens with zero attached hydrogens (tertiary/aromatic N) is 1. The summed E-state index contributed by atoms with van der Waals surface area (Å²) in [6.07, 6.45) is 0. The standard InChI is InChI=1S/C9H8N2O4S.ClH/c10-8-4-1-5-7(16(13,14)15)3-2-6(12)9(5)11-8;/h1-4,12H,(H2,10,11)(H,13,14,15);1H. The summed E-state index contributed by atoms with van der Waals surface area (Å²) in [5, 5.41) is 9.61. The van der Waals surface area contributed by atoms with Crippen molar-refractivity contribution in [2.24, 2.45) is 0 Å². The molecule has 0 saturated carbocycles. The third kappa shape index (κ3) is 2.41. The number of hydrogen-bond acceptors (Lipinski definition) is 5. The lowest BCUT2D eigenvalue weighted by molar-refractivity contribution is 0.478. The van der Waals surface area contributed by atoms with Gasteiger partial charge in [-0.05, 0) is 24.3 Å². The van der Waals surface area contributed by atoms with Crippen LogP contribution in [0.4, 0.5) is 5.82 Å². The lowest BCUT2D eigenvalue weighted by Gasteiger charge is -2.05. The first-order chi connectivity index (χ1) is 7.39. The maximum atomic E-state index is 11.1. The van der Waals surface area contributed by atoms with E-state index in [-0.39, 0.29) is 39.8 Å². The molecule has 0 aliphatic heterocycles. The molecule has 0 unspecified atom stereocenters.